The first kappa shape index (κ1) is 16.5. The number of hydrogen-bond donors (Lipinski definition) is 2. The van der Waals surface area contributed by atoms with Gasteiger partial charge >= 0.3 is 0 Å². The number of carbonyl (C=O) groups is 1. The van der Waals surface area contributed by atoms with E-state index >= 15 is 0 Å². The average Bonchev–Trinajstić information content (AvgIpc) is 2.95. The molecule has 0 unspecified atom stereocenters. The van der Waals surface area contributed by atoms with Crippen LogP contribution in [0.15, 0.2) is 24.3 Å². The lowest BCUT2D eigenvalue weighted by Crippen LogP contribution is -2.22. The Kier molecular flexibility index (Phi) is 5.93. The quantitative estimate of drug-likeness (QED) is 0.795. The lowest BCUT2D eigenvalue weighted by molar-refractivity contribution is 0.0950. The van der Waals surface area contributed by atoms with Crippen LogP contribution >= 0.6 is 11.3 Å². The second kappa shape index (κ2) is 7.92. The Hall–Kier alpha value is -1.90. The van der Waals surface area contributed by atoms with Crippen molar-refractivity contribution in [3.63, 3.8) is 0 Å². The summed E-state index contributed by atoms with van der Waals surface area (Å²) >= 11 is 1.22. The van der Waals surface area contributed by atoms with Crippen molar-refractivity contribution < 1.29 is 14.3 Å². The molecular formula is C14H17FN4O2S. The van der Waals surface area contributed by atoms with Gasteiger partial charge in [0.2, 0.25) is 5.01 Å². The molecule has 6 nitrogen and oxygen atoms in total. The van der Waals surface area contributed by atoms with Crippen molar-refractivity contribution >= 4 is 17.2 Å². The molecule has 0 bridgehead atoms. The molecule has 1 amide bonds. The Balaban J connectivity index is 1.87. The van der Waals surface area contributed by atoms with E-state index in [4.69, 9.17) is 5.11 Å². The number of amides is 1. The second-order valence-electron chi connectivity index (χ2n) is 4.77. The number of aliphatic hydroxyl groups excluding tert-OH is 1. The predicted octanol–water partition coefficient (Wildman–Crippen LogP) is 1.03. The first-order chi connectivity index (χ1) is 10.6. The third-order valence-electron chi connectivity index (χ3n) is 2.91. The minimum absolute atomic E-state index is 0.0698. The summed E-state index contributed by atoms with van der Waals surface area (Å²) in [5.74, 6) is -0.617. The molecule has 2 aromatic rings. The molecule has 2 N–H and O–H groups in total. The zero-order valence-corrected chi connectivity index (χ0v) is 12.9. The number of hydrogen-bond acceptors (Lipinski definition) is 6. The third kappa shape index (κ3) is 4.83. The van der Waals surface area contributed by atoms with E-state index in [2.05, 4.69) is 15.5 Å². The molecule has 0 saturated heterocycles. The van der Waals surface area contributed by atoms with Crippen molar-refractivity contribution in [1.82, 2.24) is 20.4 Å². The Morgan fingerprint density at radius 3 is 2.77 bits per heavy atom. The van der Waals surface area contributed by atoms with Gasteiger partial charge in [0.25, 0.3) is 5.91 Å². The number of rotatable bonds is 7. The van der Waals surface area contributed by atoms with Crippen LogP contribution in [0.2, 0.25) is 0 Å². The van der Waals surface area contributed by atoms with Crippen LogP contribution in [-0.4, -0.2) is 46.3 Å². The van der Waals surface area contributed by atoms with E-state index in [0.717, 1.165) is 5.56 Å². The van der Waals surface area contributed by atoms with Gasteiger partial charge < -0.3 is 10.4 Å². The van der Waals surface area contributed by atoms with E-state index in [1.165, 1.54) is 23.5 Å². The van der Waals surface area contributed by atoms with Gasteiger partial charge in [0.1, 0.15) is 10.8 Å². The van der Waals surface area contributed by atoms with Gasteiger partial charge in [-0.25, -0.2) is 4.39 Å². The predicted molar refractivity (Wildman–Crippen MR) is 80.9 cm³/mol. The number of carbonyl (C=O) groups excluding carboxylic acids is 1. The fourth-order valence-corrected chi connectivity index (χ4v) is 2.59. The van der Waals surface area contributed by atoms with Gasteiger partial charge in [-0.2, -0.15) is 0 Å². The Labute approximate surface area is 131 Å². The van der Waals surface area contributed by atoms with Gasteiger partial charge in [-0.3, -0.25) is 9.69 Å². The molecule has 0 spiro atoms. The van der Waals surface area contributed by atoms with E-state index in [1.54, 1.807) is 12.1 Å². The minimum Gasteiger partial charge on any atom is -0.395 e. The number of nitrogens with one attached hydrogen (secondary N) is 1. The fraction of sp³-hybridized carbons (Fsp3) is 0.357. The molecule has 8 heteroatoms. The molecule has 22 heavy (non-hydrogen) atoms. The molecule has 0 aliphatic carbocycles. The molecular weight excluding hydrogens is 307 g/mol. The van der Waals surface area contributed by atoms with Gasteiger partial charge in [-0.05, 0) is 24.7 Å². The molecule has 1 aromatic heterocycles. The van der Waals surface area contributed by atoms with Crippen molar-refractivity contribution in [2.24, 2.45) is 0 Å². The molecule has 0 fully saturated rings. The number of aromatic nitrogens is 2. The molecule has 118 valence electrons. The van der Waals surface area contributed by atoms with Crippen LogP contribution in [0.4, 0.5) is 4.39 Å². The van der Waals surface area contributed by atoms with Crippen molar-refractivity contribution in [3.05, 3.63) is 45.7 Å². The monoisotopic (exact) mass is 324 g/mol. The van der Waals surface area contributed by atoms with Crippen LogP contribution < -0.4 is 5.32 Å². The smallest absolute Gasteiger partial charge is 0.282 e. The number of halogens is 1. The maximum Gasteiger partial charge on any atom is 0.282 e. The Bertz CT molecular complexity index is 618. The summed E-state index contributed by atoms with van der Waals surface area (Å²) in [6.45, 7) is 1.44. The van der Waals surface area contributed by atoms with E-state index in [0.29, 0.717) is 24.6 Å². The highest BCUT2D eigenvalue weighted by Crippen LogP contribution is 2.12. The highest BCUT2D eigenvalue weighted by atomic mass is 32.1. The molecule has 0 aliphatic heterocycles. The van der Waals surface area contributed by atoms with Crippen LogP contribution in [0.5, 0.6) is 0 Å². The summed E-state index contributed by atoms with van der Waals surface area (Å²) < 4.78 is 12.8. The van der Waals surface area contributed by atoms with E-state index in [9.17, 15) is 9.18 Å². The summed E-state index contributed by atoms with van der Waals surface area (Å²) in [5, 5.41) is 20.4. The van der Waals surface area contributed by atoms with Gasteiger partial charge in [0.05, 0.1) is 13.2 Å². The first-order valence-corrected chi connectivity index (χ1v) is 7.54. The SMILES string of the molecule is CN(CCO)Cc1nnc(C(=O)NCc2ccc(F)cc2)s1. The molecule has 0 atom stereocenters. The molecule has 0 aliphatic rings. The maximum atomic E-state index is 12.8. The molecule has 1 aromatic carbocycles. The van der Waals surface area contributed by atoms with Gasteiger partial charge in [-0.1, -0.05) is 23.5 Å². The highest BCUT2D eigenvalue weighted by Gasteiger charge is 2.13. The topological polar surface area (TPSA) is 78.3 Å². The summed E-state index contributed by atoms with van der Waals surface area (Å²) in [4.78, 5) is 13.9. The lowest BCUT2D eigenvalue weighted by atomic mass is 10.2. The van der Waals surface area contributed by atoms with E-state index < -0.39 is 0 Å². The van der Waals surface area contributed by atoms with Gasteiger partial charge in [-0.15, -0.1) is 10.2 Å². The van der Waals surface area contributed by atoms with Crippen LogP contribution in [0.3, 0.4) is 0 Å². The fourth-order valence-electron chi connectivity index (χ4n) is 1.75. The first-order valence-electron chi connectivity index (χ1n) is 6.73. The Morgan fingerprint density at radius 1 is 1.36 bits per heavy atom. The van der Waals surface area contributed by atoms with Crippen LogP contribution in [0.25, 0.3) is 0 Å². The van der Waals surface area contributed by atoms with Crippen molar-refractivity contribution in [2.75, 3.05) is 20.2 Å². The standard InChI is InChI=1S/C14H17FN4O2S/c1-19(6-7-20)9-12-17-18-14(22-12)13(21)16-8-10-2-4-11(15)5-3-10/h2-5,20H,6-9H2,1H3,(H,16,21). The summed E-state index contributed by atoms with van der Waals surface area (Å²) in [7, 11) is 1.85. The molecule has 1 heterocycles. The number of nitrogens with zero attached hydrogens (tertiary/aromatic N) is 3. The van der Waals surface area contributed by atoms with Gasteiger partial charge in [0, 0.05) is 13.1 Å². The third-order valence-corrected chi connectivity index (χ3v) is 3.82. The van der Waals surface area contributed by atoms with Crippen LogP contribution in [0.1, 0.15) is 20.4 Å². The van der Waals surface area contributed by atoms with E-state index in [-0.39, 0.29) is 23.3 Å². The van der Waals surface area contributed by atoms with Crippen molar-refractivity contribution in [2.45, 2.75) is 13.1 Å². The molecule has 0 saturated carbocycles. The largest absolute Gasteiger partial charge is 0.395 e. The summed E-state index contributed by atoms with van der Waals surface area (Å²) in [5.41, 5.74) is 0.808. The number of likely N-dealkylation sites (N-methyl/N-ethyl adjacent to an activating group) is 1. The Morgan fingerprint density at radius 2 is 2.09 bits per heavy atom. The summed E-state index contributed by atoms with van der Waals surface area (Å²) in [6, 6.07) is 5.93. The zero-order chi connectivity index (χ0) is 15.9. The maximum absolute atomic E-state index is 12.8. The zero-order valence-electron chi connectivity index (χ0n) is 12.1. The minimum atomic E-state index is -0.309. The van der Waals surface area contributed by atoms with Crippen molar-refractivity contribution in [1.29, 1.82) is 0 Å². The number of aliphatic hydroxyl groups is 1. The molecule has 2 rings (SSSR count). The number of benzene rings is 1. The van der Waals surface area contributed by atoms with Gasteiger partial charge in [0.15, 0.2) is 0 Å². The normalized spacial score (nSPS) is 10.9. The van der Waals surface area contributed by atoms with Crippen LogP contribution in [-0.2, 0) is 13.1 Å². The average molecular weight is 324 g/mol. The second-order valence-corrected chi connectivity index (χ2v) is 5.83. The van der Waals surface area contributed by atoms with E-state index in [1.807, 2.05) is 11.9 Å². The summed E-state index contributed by atoms with van der Waals surface area (Å²) in [6.07, 6.45) is 0. The molecule has 0 radical (unpaired) electrons. The van der Waals surface area contributed by atoms with Crippen molar-refractivity contribution in [3.8, 4) is 0 Å². The highest BCUT2D eigenvalue weighted by molar-refractivity contribution is 7.13. The van der Waals surface area contributed by atoms with Crippen LogP contribution in [0, 0.1) is 5.82 Å². The lowest BCUT2D eigenvalue weighted by Gasteiger charge is -2.11.